The molecule has 5 fully saturated rings. The lowest BCUT2D eigenvalue weighted by molar-refractivity contribution is -0.571. The van der Waals surface area contributed by atoms with E-state index < -0.39 is 23.9 Å². The summed E-state index contributed by atoms with van der Waals surface area (Å²) in [4.78, 5) is 37.3. The molecule has 1 N–H and O–H groups in total. The fraction of sp³-hybridized carbons (Fsp3) is 0.500. The minimum Gasteiger partial charge on any atom is -0.484 e. The fourth-order valence-corrected chi connectivity index (χ4v) is 7.10. The molecule has 2 aromatic carbocycles. The molecule has 1 aliphatic carbocycles. The summed E-state index contributed by atoms with van der Waals surface area (Å²) in [7, 11) is 0. The number of hydrogen-bond acceptors (Lipinski definition) is 7. The average Bonchev–Trinajstić information content (AvgIpc) is 3.20. The maximum atomic E-state index is 12.9. The van der Waals surface area contributed by atoms with E-state index in [0.29, 0.717) is 22.3 Å². The van der Waals surface area contributed by atoms with E-state index in [-0.39, 0.29) is 36.1 Å². The average molecular weight is 582 g/mol. The van der Waals surface area contributed by atoms with Gasteiger partial charge in [-0.2, -0.15) is 0 Å². The molecule has 4 aliphatic heterocycles. The van der Waals surface area contributed by atoms with Crippen molar-refractivity contribution in [3.8, 4) is 5.75 Å². The Labute approximate surface area is 245 Å². The number of carbonyl (C=O) groups is 2. The van der Waals surface area contributed by atoms with Crippen molar-refractivity contribution in [1.29, 1.82) is 0 Å². The second-order valence-electron chi connectivity index (χ2n) is 12.0. The van der Waals surface area contributed by atoms with Gasteiger partial charge >= 0.3 is 0 Å². The van der Waals surface area contributed by atoms with Crippen LogP contribution in [0, 0.1) is 23.7 Å². The van der Waals surface area contributed by atoms with Crippen LogP contribution in [0.25, 0.3) is 6.08 Å². The van der Waals surface area contributed by atoms with Crippen molar-refractivity contribution >= 4 is 29.4 Å². The van der Waals surface area contributed by atoms with Crippen LogP contribution in [0.1, 0.15) is 62.4 Å². The zero-order valence-corrected chi connectivity index (χ0v) is 24.3. The van der Waals surface area contributed by atoms with Gasteiger partial charge in [0.25, 0.3) is 5.91 Å². The summed E-state index contributed by atoms with van der Waals surface area (Å²) in [5.74, 6) is 0.166. The first-order valence-corrected chi connectivity index (χ1v) is 14.7. The lowest BCUT2D eigenvalue weighted by Gasteiger charge is -2.60. The van der Waals surface area contributed by atoms with Gasteiger partial charge < -0.3 is 19.5 Å². The molecule has 2 aromatic rings. The Balaban J connectivity index is 1.05. The predicted molar refractivity (Wildman–Crippen MR) is 152 cm³/mol. The number of amides is 1. The highest BCUT2D eigenvalue weighted by molar-refractivity contribution is 6.30. The van der Waals surface area contributed by atoms with E-state index in [2.05, 4.69) is 19.2 Å². The fourth-order valence-electron chi connectivity index (χ4n) is 6.98. The molecule has 0 unspecified atom stereocenters. The van der Waals surface area contributed by atoms with Crippen LogP contribution in [0.3, 0.4) is 0 Å². The van der Waals surface area contributed by atoms with Crippen molar-refractivity contribution < 1.29 is 33.6 Å². The van der Waals surface area contributed by atoms with Crippen LogP contribution in [0.5, 0.6) is 5.75 Å². The van der Waals surface area contributed by atoms with Crippen LogP contribution >= 0.6 is 11.6 Å². The molecule has 4 heterocycles. The number of fused-ring (bicyclic) bond motifs is 2. The zero-order chi connectivity index (χ0) is 28.8. The summed E-state index contributed by atoms with van der Waals surface area (Å²) in [5.41, 5.74) is 0.731. The smallest absolute Gasteiger partial charge is 0.259 e. The molecule has 5 aliphatic rings. The number of benzene rings is 2. The Morgan fingerprint density at radius 3 is 2.54 bits per heavy atom. The van der Waals surface area contributed by atoms with Crippen LogP contribution in [0.2, 0.25) is 5.02 Å². The highest BCUT2D eigenvalue weighted by Crippen LogP contribution is 2.60. The minimum atomic E-state index is -0.861. The topological polar surface area (TPSA) is 92.3 Å². The number of halogens is 1. The molecule has 1 saturated carbocycles. The Kier molecular flexibility index (Phi) is 7.72. The van der Waals surface area contributed by atoms with Gasteiger partial charge in [-0.05, 0) is 86.1 Å². The molecule has 41 heavy (non-hydrogen) atoms. The molecule has 8 nitrogen and oxygen atoms in total. The molecule has 218 valence electrons. The molecular formula is C32H36ClNO7. The van der Waals surface area contributed by atoms with Crippen LogP contribution in [-0.2, 0) is 24.0 Å². The molecule has 8 atom stereocenters. The molecule has 9 heteroatoms. The molecule has 4 saturated heterocycles. The number of ether oxygens (including phenoxy) is 3. The van der Waals surface area contributed by atoms with E-state index in [9.17, 15) is 9.59 Å². The minimum absolute atomic E-state index is 0.00140. The summed E-state index contributed by atoms with van der Waals surface area (Å²) < 4.78 is 18.5. The van der Waals surface area contributed by atoms with E-state index >= 15 is 0 Å². The van der Waals surface area contributed by atoms with Crippen LogP contribution in [0.15, 0.2) is 54.6 Å². The van der Waals surface area contributed by atoms with Crippen molar-refractivity contribution in [2.75, 3.05) is 6.61 Å². The third-order valence-electron chi connectivity index (χ3n) is 9.27. The molecule has 0 radical (unpaired) electrons. The largest absolute Gasteiger partial charge is 0.484 e. The number of ketones is 1. The monoisotopic (exact) mass is 581 g/mol. The summed E-state index contributed by atoms with van der Waals surface area (Å²) in [5, 5.41) is 3.60. The van der Waals surface area contributed by atoms with E-state index in [1.807, 2.05) is 19.1 Å². The number of rotatable bonds is 7. The molecule has 1 spiro atoms. The molecule has 0 aromatic heterocycles. The van der Waals surface area contributed by atoms with Gasteiger partial charge in [0, 0.05) is 28.8 Å². The zero-order valence-electron chi connectivity index (χ0n) is 23.5. The number of nitrogens with one attached hydrogen (secondary N) is 1. The molecule has 2 bridgehead atoms. The maximum absolute atomic E-state index is 12.9. The predicted octanol–water partition coefficient (Wildman–Crippen LogP) is 5.94. The van der Waals surface area contributed by atoms with Crippen molar-refractivity contribution in [3.63, 3.8) is 0 Å². The van der Waals surface area contributed by atoms with Gasteiger partial charge in [-0.3, -0.25) is 9.59 Å². The van der Waals surface area contributed by atoms with Gasteiger partial charge in [0.05, 0.1) is 0 Å². The third-order valence-corrected chi connectivity index (χ3v) is 9.52. The number of allylic oxidation sites excluding steroid dienone is 1. The van der Waals surface area contributed by atoms with E-state index in [1.165, 1.54) is 6.08 Å². The summed E-state index contributed by atoms with van der Waals surface area (Å²) >= 11 is 5.89. The lowest BCUT2D eigenvalue weighted by atomic mass is 9.58. The van der Waals surface area contributed by atoms with Crippen molar-refractivity contribution in [1.82, 2.24) is 5.32 Å². The Morgan fingerprint density at radius 1 is 1.02 bits per heavy atom. The number of hydrogen-bond donors (Lipinski definition) is 1. The van der Waals surface area contributed by atoms with Gasteiger partial charge in [0.1, 0.15) is 12.0 Å². The summed E-state index contributed by atoms with van der Waals surface area (Å²) in [6.45, 7) is 6.10. The van der Waals surface area contributed by atoms with Crippen LogP contribution < -0.4 is 10.1 Å². The van der Waals surface area contributed by atoms with Crippen molar-refractivity contribution in [2.24, 2.45) is 23.7 Å². The summed E-state index contributed by atoms with van der Waals surface area (Å²) in [6.07, 6.45) is 5.85. The second kappa shape index (κ2) is 11.2. The Bertz CT molecular complexity index is 1310. The molecular weight excluding hydrogens is 546 g/mol. The first-order valence-electron chi connectivity index (χ1n) is 14.4. The van der Waals surface area contributed by atoms with Gasteiger partial charge in [0.2, 0.25) is 5.79 Å². The quantitative estimate of drug-likeness (QED) is 0.246. The van der Waals surface area contributed by atoms with E-state index in [1.54, 1.807) is 42.5 Å². The summed E-state index contributed by atoms with van der Waals surface area (Å²) in [6, 6.07) is 13.9. The first-order chi connectivity index (χ1) is 19.7. The lowest BCUT2D eigenvalue weighted by Crippen LogP contribution is -2.72. The van der Waals surface area contributed by atoms with Crippen LogP contribution in [-0.4, -0.2) is 42.2 Å². The molecule has 1 amide bonds. The maximum Gasteiger partial charge on any atom is 0.259 e. The normalized spacial score (nSPS) is 35.9. The highest BCUT2D eigenvalue weighted by atomic mass is 35.5. The van der Waals surface area contributed by atoms with E-state index in [4.69, 9.17) is 35.6 Å². The standard InChI is InChI=1S/C32H36ClNO7/c1-19-4-14-26-20(2)29(38-30-32(26)25(19)16-17-31(3,39-30)40-41-32)34-28(36)18-37-24-12-5-21(6-13-24)7-15-27(35)22-8-10-23(33)11-9-22/h5-13,15,19-20,25-26,29-30H,4,14,16-18H2,1-3H3,(H,34,36)/b15-7+/t19-,20-,25+,26+,29+,30-,31-,32-/m1/s1. The van der Waals surface area contributed by atoms with Crippen molar-refractivity contribution in [2.45, 2.75) is 70.4 Å². The van der Waals surface area contributed by atoms with E-state index in [0.717, 1.165) is 31.2 Å². The second-order valence-corrected chi connectivity index (χ2v) is 12.4. The van der Waals surface area contributed by atoms with Gasteiger partial charge in [-0.25, -0.2) is 9.78 Å². The molecule has 7 rings (SSSR count). The van der Waals surface area contributed by atoms with Crippen LogP contribution in [0.4, 0.5) is 0 Å². The van der Waals surface area contributed by atoms with Gasteiger partial charge in [-0.15, -0.1) is 0 Å². The van der Waals surface area contributed by atoms with Gasteiger partial charge in [0.15, 0.2) is 24.3 Å². The van der Waals surface area contributed by atoms with Crippen molar-refractivity contribution in [3.05, 3.63) is 70.8 Å². The third kappa shape index (κ3) is 5.44. The highest BCUT2D eigenvalue weighted by Gasteiger charge is 2.69. The number of carbonyl (C=O) groups excluding carboxylic acids is 2. The Hall–Kier alpha value is -2.75. The first kappa shape index (κ1) is 28.4. The SMILES string of the molecule is C[C@H]1[C@@H](NC(=O)COc2ccc(/C=C/C(=O)c3ccc(Cl)cc3)cc2)O[C@@H]2O[C@@]3(C)CC[C@H]4[C@H](C)CC[C@@H]1[C@@]24OO3. The Morgan fingerprint density at radius 2 is 1.78 bits per heavy atom. The van der Waals surface area contributed by atoms with Gasteiger partial charge in [-0.1, -0.05) is 43.7 Å².